The largest absolute Gasteiger partial charge is 0.369 e. The Morgan fingerprint density at radius 3 is 2.75 bits per heavy atom. The number of benzene rings is 1. The van der Waals surface area contributed by atoms with Gasteiger partial charge in [0.15, 0.2) is 5.65 Å². The normalized spacial score (nSPS) is 15.0. The summed E-state index contributed by atoms with van der Waals surface area (Å²) in [5, 5.41) is 11.7. The maximum atomic E-state index is 12.7. The molecular weight excluding hydrogens is 458 g/mol. The molecule has 2 amide bonds. The van der Waals surface area contributed by atoms with Crippen LogP contribution < -0.4 is 11.1 Å². The van der Waals surface area contributed by atoms with Crippen molar-refractivity contribution in [2.75, 3.05) is 24.1 Å². The number of hydrogen-bond donors (Lipinski definition) is 2. The molecule has 1 aliphatic heterocycles. The first-order valence-corrected chi connectivity index (χ1v) is 11.2. The summed E-state index contributed by atoms with van der Waals surface area (Å²) in [6, 6.07) is 11.9. The number of pyridine rings is 1. The summed E-state index contributed by atoms with van der Waals surface area (Å²) in [5.74, 6) is 0.585. The molecule has 3 N–H and O–H groups in total. The molecule has 1 unspecified atom stereocenters. The number of rotatable bonds is 5. The molecule has 0 bridgehead atoms. The molecule has 3 aromatic heterocycles. The number of hydrogen-bond acceptors (Lipinski definition) is 8. The molecule has 5 rings (SSSR count). The Bertz CT molecular complexity index is 1540. The smallest absolute Gasteiger partial charge is 0.256 e. The van der Waals surface area contributed by atoms with Crippen molar-refractivity contribution in [3.8, 4) is 17.5 Å². The number of likely N-dealkylation sites (tertiary alicyclic amines) is 1. The number of carbonyl (C=O) groups excluding carboxylic acids is 2. The van der Waals surface area contributed by atoms with E-state index in [2.05, 4.69) is 26.8 Å². The lowest BCUT2D eigenvalue weighted by molar-refractivity contribution is -0.125. The topological polar surface area (TPSA) is 155 Å². The molecule has 1 aromatic carbocycles. The molecule has 0 saturated carbocycles. The van der Waals surface area contributed by atoms with Crippen LogP contribution >= 0.6 is 0 Å². The second-order valence-corrected chi connectivity index (χ2v) is 8.26. The number of imidazole rings is 1. The van der Waals surface area contributed by atoms with E-state index in [1.54, 1.807) is 39.6 Å². The predicted octanol–water partition coefficient (Wildman–Crippen LogP) is 2.39. The summed E-state index contributed by atoms with van der Waals surface area (Å²) in [5.41, 5.74) is 9.04. The van der Waals surface area contributed by atoms with E-state index in [0.717, 1.165) is 17.7 Å². The fraction of sp³-hybridized carbons (Fsp3) is 0.160. The zero-order valence-corrected chi connectivity index (χ0v) is 19.1. The third-order valence-corrected chi connectivity index (χ3v) is 6.08. The molecular formula is C25H21N9O2. The first-order valence-electron chi connectivity index (χ1n) is 11.2. The molecule has 1 aliphatic rings. The summed E-state index contributed by atoms with van der Waals surface area (Å²) in [6.45, 7) is 4.69. The second-order valence-electron chi connectivity index (χ2n) is 8.26. The van der Waals surface area contributed by atoms with Crippen molar-refractivity contribution in [2.24, 2.45) is 0 Å². The van der Waals surface area contributed by atoms with E-state index >= 15 is 0 Å². The average molecular weight is 480 g/mol. The highest BCUT2D eigenvalue weighted by molar-refractivity contribution is 6.04. The van der Waals surface area contributed by atoms with Crippen molar-refractivity contribution in [3.05, 3.63) is 78.4 Å². The van der Waals surface area contributed by atoms with Crippen LogP contribution in [0, 0.1) is 11.3 Å². The van der Waals surface area contributed by atoms with E-state index in [4.69, 9.17) is 16.0 Å². The van der Waals surface area contributed by atoms with Crippen molar-refractivity contribution in [3.63, 3.8) is 0 Å². The Labute approximate surface area is 205 Å². The van der Waals surface area contributed by atoms with Gasteiger partial charge in [0, 0.05) is 36.3 Å². The van der Waals surface area contributed by atoms with Gasteiger partial charge in [0.25, 0.3) is 5.91 Å². The van der Waals surface area contributed by atoms with E-state index in [1.165, 1.54) is 24.7 Å². The van der Waals surface area contributed by atoms with Crippen LogP contribution in [-0.2, 0) is 4.79 Å². The minimum absolute atomic E-state index is 0.00586. The number of aromatic nitrogens is 5. The fourth-order valence-electron chi connectivity index (χ4n) is 4.28. The van der Waals surface area contributed by atoms with Crippen molar-refractivity contribution >= 4 is 29.2 Å². The summed E-state index contributed by atoms with van der Waals surface area (Å²) < 4.78 is 1.68. The standard InChI is InChI=1S/C25H21N9O2/c1-2-20(35)33-10-8-18(13-33)21-23-29-14-30-25(27)34(23)22(32-21)16-3-5-17(6-4-16)24(36)31-19-11-15(12-26)7-9-28-19/h2-7,9,11,14,18H,1,8,10,13H2,(H2,27,29,30)(H,28,31,36). The molecule has 1 fully saturated rings. The minimum atomic E-state index is -0.362. The van der Waals surface area contributed by atoms with E-state index in [9.17, 15) is 9.59 Å². The van der Waals surface area contributed by atoms with Crippen molar-refractivity contribution in [2.45, 2.75) is 12.3 Å². The van der Waals surface area contributed by atoms with Gasteiger partial charge in [0.05, 0.1) is 17.3 Å². The van der Waals surface area contributed by atoms with Crippen LogP contribution in [0.2, 0.25) is 0 Å². The maximum absolute atomic E-state index is 12.7. The monoisotopic (exact) mass is 479 g/mol. The number of nitrogens with two attached hydrogens (primary N) is 1. The summed E-state index contributed by atoms with van der Waals surface area (Å²) >= 11 is 0. The lowest BCUT2D eigenvalue weighted by Gasteiger charge is -2.13. The second kappa shape index (κ2) is 9.27. The van der Waals surface area contributed by atoms with Gasteiger partial charge in [-0.25, -0.2) is 24.3 Å². The molecule has 11 heteroatoms. The number of nitrogens with one attached hydrogen (secondary N) is 1. The Kier molecular flexibility index (Phi) is 5.83. The number of carbonyl (C=O) groups is 2. The van der Waals surface area contributed by atoms with Gasteiger partial charge in [-0.05, 0) is 36.8 Å². The molecule has 4 heterocycles. The number of nitrogen functional groups attached to an aromatic ring is 1. The van der Waals surface area contributed by atoms with Gasteiger partial charge in [-0.2, -0.15) is 5.26 Å². The van der Waals surface area contributed by atoms with Crippen LogP contribution in [0.5, 0.6) is 0 Å². The average Bonchev–Trinajstić information content (AvgIpc) is 3.54. The lowest BCUT2D eigenvalue weighted by atomic mass is 10.1. The van der Waals surface area contributed by atoms with Gasteiger partial charge in [-0.1, -0.05) is 18.7 Å². The molecule has 36 heavy (non-hydrogen) atoms. The third kappa shape index (κ3) is 4.12. The van der Waals surface area contributed by atoms with Crippen LogP contribution in [0.25, 0.3) is 17.0 Å². The molecule has 1 saturated heterocycles. The van der Waals surface area contributed by atoms with Gasteiger partial charge in [-0.15, -0.1) is 0 Å². The van der Waals surface area contributed by atoms with Crippen LogP contribution in [-0.4, -0.2) is 54.1 Å². The highest BCUT2D eigenvalue weighted by Crippen LogP contribution is 2.33. The molecule has 178 valence electrons. The van der Waals surface area contributed by atoms with Crippen LogP contribution in [0.3, 0.4) is 0 Å². The Morgan fingerprint density at radius 2 is 2.00 bits per heavy atom. The van der Waals surface area contributed by atoms with Crippen molar-refractivity contribution < 1.29 is 9.59 Å². The highest BCUT2D eigenvalue weighted by Gasteiger charge is 2.31. The summed E-state index contributed by atoms with van der Waals surface area (Å²) in [4.78, 5) is 43.9. The van der Waals surface area contributed by atoms with E-state index in [0.29, 0.717) is 35.7 Å². The minimum Gasteiger partial charge on any atom is -0.369 e. The van der Waals surface area contributed by atoms with Crippen molar-refractivity contribution in [1.29, 1.82) is 5.26 Å². The maximum Gasteiger partial charge on any atom is 0.256 e. The van der Waals surface area contributed by atoms with Gasteiger partial charge >= 0.3 is 0 Å². The van der Waals surface area contributed by atoms with Crippen molar-refractivity contribution in [1.82, 2.24) is 29.2 Å². The number of anilines is 2. The zero-order valence-electron chi connectivity index (χ0n) is 19.1. The van der Waals surface area contributed by atoms with E-state index in [1.807, 2.05) is 6.07 Å². The first kappa shape index (κ1) is 22.7. The Morgan fingerprint density at radius 1 is 1.19 bits per heavy atom. The number of amides is 2. The Hall–Kier alpha value is -5.11. The first-order chi connectivity index (χ1) is 17.5. The molecule has 11 nitrogen and oxygen atoms in total. The third-order valence-electron chi connectivity index (χ3n) is 6.08. The molecule has 4 aromatic rings. The van der Waals surface area contributed by atoms with E-state index < -0.39 is 0 Å². The predicted molar refractivity (Wildman–Crippen MR) is 132 cm³/mol. The summed E-state index contributed by atoms with van der Waals surface area (Å²) in [7, 11) is 0. The number of nitrogens with zero attached hydrogens (tertiary/aromatic N) is 7. The molecule has 0 spiro atoms. The van der Waals surface area contributed by atoms with Crippen LogP contribution in [0.15, 0.2) is 61.6 Å². The number of nitriles is 1. The van der Waals surface area contributed by atoms with E-state index in [-0.39, 0.29) is 29.5 Å². The molecule has 0 radical (unpaired) electrons. The SMILES string of the molecule is C=CC(=O)N1CCC(c2nc(-c3ccc(C(=O)Nc4cc(C#N)ccn4)cc3)n3c(N)ncnc23)C1. The lowest BCUT2D eigenvalue weighted by Crippen LogP contribution is -2.26. The van der Waals surface area contributed by atoms with Crippen LogP contribution in [0.1, 0.15) is 34.0 Å². The highest BCUT2D eigenvalue weighted by atomic mass is 16.2. The van der Waals surface area contributed by atoms with Gasteiger partial charge in [0.1, 0.15) is 18.0 Å². The zero-order chi connectivity index (χ0) is 25.2. The quantitative estimate of drug-likeness (QED) is 0.413. The van der Waals surface area contributed by atoms with Gasteiger partial charge in [0.2, 0.25) is 11.9 Å². The molecule has 0 aliphatic carbocycles. The van der Waals surface area contributed by atoms with Crippen LogP contribution in [0.4, 0.5) is 11.8 Å². The summed E-state index contributed by atoms with van der Waals surface area (Å²) in [6.07, 6.45) is 4.91. The van der Waals surface area contributed by atoms with Gasteiger partial charge < -0.3 is 16.0 Å². The number of fused-ring (bicyclic) bond motifs is 1. The van der Waals surface area contributed by atoms with Gasteiger partial charge in [-0.3, -0.25) is 9.59 Å². The molecule has 1 atom stereocenters. The Balaban J connectivity index is 1.44. The fourth-order valence-corrected chi connectivity index (χ4v) is 4.28.